The number of aromatic nitrogens is 2. The number of nitrogens with zero attached hydrogens (tertiary/aromatic N) is 2. The topological polar surface area (TPSA) is 66.1 Å². The van der Waals surface area contributed by atoms with Crippen molar-refractivity contribution in [3.63, 3.8) is 0 Å². The summed E-state index contributed by atoms with van der Waals surface area (Å²) in [4.78, 5) is 7.68. The number of aromatic amines is 1. The first-order chi connectivity index (χ1) is 12.4. The van der Waals surface area contributed by atoms with Crippen LogP contribution in [0.15, 0.2) is 41.3 Å². The fraction of sp³-hybridized carbons (Fsp3) is 0.278. The Hall–Kier alpha value is -1.96. The molecule has 2 aromatic carbocycles. The number of hydrogen-bond donors (Lipinski definition) is 1. The lowest BCUT2D eigenvalue weighted by Gasteiger charge is -2.18. The molecule has 0 unspecified atom stereocenters. The van der Waals surface area contributed by atoms with Crippen molar-refractivity contribution < 1.29 is 12.8 Å². The molecule has 0 aliphatic carbocycles. The van der Waals surface area contributed by atoms with Gasteiger partial charge < -0.3 is 4.98 Å². The second-order valence-corrected chi connectivity index (χ2v) is 8.17. The fourth-order valence-corrected chi connectivity index (χ4v) is 4.58. The molecule has 0 saturated heterocycles. The molecule has 1 heterocycles. The zero-order chi connectivity index (χ0) is 18.9. The summed E-state index contributed by atoms with van der Waals surface area (Å²) in [5, 5.41) is 0.329. The third kappa shape index (κ3) is 3.47. The fourth-order valence-electron chi connectivity index (χ4n) is 2.87. The molecule has 0 aliphatic rings. The minimum atomic E-state index is -3.55. The van der Waals surface area contributed by atoms with Crippen molar-refractivity contribution in [1.29, 1.82) is 0 Å². The molecule has 138 valence electrons. The Morgan fingerprint density at radius 3 is 2.58 bits per heavy atom. The van der Waals surface area contributed by atoms with E-state index >= 15 is 0 Å². The van der Waals surface area contributed by atoms with E-state index in [1.54, 1.807) is 38.1 Å². The molecule has 1 N–H and O–H groups in total. The summed E-state index contributed by atoms with van der Waals surface area (Å²) in [5.41, 5.74) is 1.55. The molecular weight excluding hydrogens is 377 g/mol. The van der Waals surface area contributed by atoms with Crippen molar-refractivity contribution >= 4 is 32.7 Å². The normalized spacial score (nSPS) is 12.2. The van der Waals surface area contributed by atoms with Crippen LogP contribution in [0.2, 0.25) is 5.02 Å². The highest BCUT2D eigenvalue weighted by atomic mass is 35.5. The first-order valence-corrected chi connectivity index (χ1v) is 10.1. The van der Waals surface area contributed by atoms with Crippen LogP contribution in [0.4, 0.5) is 4.39 Å². The molecular formula is C18H19ClFN3O2S. The van der Waals surface area contributed by atoms with Gasteiger partial charge in [-0.05, 0) is 30.3 Å². The number of rotatable bonds is 6. The molecule has 0 saturated carbocycles. The minimum Gasteiger partial charge on any atom is -0.342 e. The van der Waals surface area contributed by atoms with Crippen LogP contribution in [0, 0.1) is 5.82 Å². The molecule has 0 bridgehead atoms. The molecule has 1 aromatic heterocycles. The lowest BCUT2D eigenvalue weighted by molar-refractivity contribution is 0.445. The number of H-pyrrole nitrogens is 1. The number of nitrogens with one attached hydrogen (secondary N) is 1. The average molecular weight is 396 g/mol. The Kier molecular flexibility index (Phi) is 5.32. The molecule has 3 aromatic rings. The lowest BCUT2D eigenvalue weighted by atomic mass is 10.1. The lowest BCUT2D eigenvalue weighted by Crippen LogP contribution is -2.30. The van der Waals surface area contributed by atoms with Gasteiger partial charge >= 0.3 is 0 Å². The van der Waals surface area contributed by atoms with Gasteiger partial charge in [0.1, 0.15) is 11.6 Å². The van der Waals surface area contributed by atoms with Crippen molar-refractivity contribution in [2.24, 2.45) is 0 Å². The van der Waals surface area contributed by atoms with E-state index < -0.39 is 15.8 Å². The summed E-state index contributed by atoms with van der Waals surface area (Å²) in [7, 11) is -3.55. The van der Waals surface area contributed by atoms with Crippen molar-refractivity contribution in [3.8, 4) is 0 Å². The first-order valence-electron chi connectivity index (χ1n) is 8.28. The van der Waals surface area contributed by atoms with Gasteiger partial charge in [-0.2, -0.15) is 4.31 Å². The highest BCUT2D eigenvalue weighted by Crippen LogP contribution is 2.24. The van der Waals surface area contributed by atoms with Crippen LogP contribution in [-0.4, -0.2) is 35.8 Å². The van der Waals surface area contributed by atoms with E-state index in [9.17, 15) is 12.8 Å². The van der Waals surface area contributed by atoms with E-state index in [4.69, 9.17) is 11.6 Å². The molecule has 0 spiro atoms. The highest BCUT2D eigenvalue weighted by molar-refractivity contribution is 7.89. The summed E-state index contributed by atoms with van der Waals surface area (Å²) in [6, 6.07) is 9.26. The van der Waals surface area contributed by atoms with E-state index in [1.165, 1.54) is 16.4 Å². The Balaban J connectivity index is 1.98. The Labute approximate surface area is 156 Å². The van der Waals surface area contributed by atoms with Gasteiger partial charge in [0.25, 0.3) is 0 Å². The number of hydrogen-bond acceptors (Lipinski definition) is 3. The molecule has 0 aliphatic heterocycles. The van der Waals surface area contributed by atoms with Crippen molar-refractivity contribution in [2.75, 3.05) is 13.1 Å². The summed E-state index contributed by atoms with van der Waals surface area (Å²) in [6.07, 6.45) is 0.193. The van der Waals surface area contributed by atoms with Crippen LogP contribution in [0.1, 0.15) is 25.2 Å². The van der Waals surface area contributed by atoms with E-state index in [1.807, 2.05) is 0 Å². The third-order valence-electron chi connectivity index (χ3n) is 4.25. The zero-order valence-electron chi connectivity index (χ0n) is 14.5. The Bertz CT molecular complexity index is 1030. The maximum atomic E-state index is 14.0. The maximum Gasteiger partial charge on any atom is 0.243 e. The van der Waals surface area contributed by atoms with Crippen LogP contribution < -0.4 is 0 Å². The van der Waals surface area contributed by atoms with Gasteiger partial charge in [0, 0.05) is 30.1 Å². The second kappa shape index (κ2) is 7.34. The second-order valence-electron chi connectivity index (χ2n) is 5.83. The average Bonchev–Trinajstić information content (AvgIpc) is 3.01. The molecule has 8 heteroatoms. The summed E-state index contributed by atoms with van der Waals surface area (Å²) >= 11 is 6.06. The number of fused-ring (bicyclic) bond motifs is 1. The van der Waals surface area contributed by atoms with E-state index in [0.717, 1.165) is 0 Å². The third-order valence-corrected chi connectivity index (χ3v) is 6.65. The maximum absolute atomic E-state index is 14.0. The molecule has 3 rings (SSSR count). The standard InChI is InChI=1S/C18H19ClFN3O2S/c1-3-23(4-2)26(24,25)12-8-9-16-17(10-12)22-18(21-16)11-13-14(19)6-5-7-15(13)20/h5-10H,3-4,11H2,1-2H3,(H,21,22). The van der Waals surface area contributed by atoms with Gasteiger partial charge in [0.15, 0.2) is 0 Å². The van der Waals surface area contributed by atoms with Crippen molar-refractivity contribution in [2.45, 2.75) is 25.2 Å². The molecule has 0 fully saturated rings. The highest BCUT2D eigenvalue weighted by Gasteiger charge is 2.22. The predicted molar refractivity (Wildman–Crippen MR) is 100 cm³/mol. The molecule has 0 atom stereocenters. The molecule has 26 heavy (non-hydrogen) atoms. The van der Waals surface area contributed by atoms with Gasteiger partial charge in [-0.25, -0.2) is 17.8 Å². The van der Waals surface area contributed by atoms with E-state index in [2.05, 4.69) is 9.97 Å². The molecule has 0 radical (unpaired) electrons. The van der Waals surface area contributed by atoms with Gasteiger partial charge in [-0.15, -0.1) is 0 Å². The SMILES string of the molecule is CCN(CC)S(=O)(=O)c1ccc2nc(Cc3c(F)cccc3Cl)[nH]c2c1. The van der Waals surface area contributed by atoms with E-state index in [-0.39, 0.29) is 11.3 Å². The van der Waals surface area contributed by atoms with Crippen molar-refractivity contribution in [1.82, 2.24) is 14.3 Å². The smallest absolute Gasteiger partial charge is 0.243 e. The van der Waals surface area contributed by atoms with Crippen LogP contribution >= 0.6 is 11.6 Å². The van der Waals surface area contributed by atoms with Crippen LogP contribution in [0.5, 0.6) is 0 Å². The zero-order valence-corrected chi connectivity index (χ0v) is 16.0. The largest absolute Gasteiger partial charge is 0.342 e. The number of benzene rings is 2. The molecule has 5 nitrogen and oxygen atoms in total. The van der Waals surface area contributed by atoms with Crippen LogP contribution in [0.25, 0.3) is 11.0 Å². The van der Waals surface area contributed by atoms with Crippen LogP contribution in [0.3, 0.4) is 0 Å². The predicted octanol–water partition coefficient (Wildman–Crippen LogP) is 3.98. The number of sulfonamides is 1. The Morgan fingerprint density at radius 2 is 1.92 bits per heavy atom. The van der Waals surface area contributed by atoms with Gasteiger partial charge in [0.05, 0.1) is 15.9 Å². The Morgan fingerprint density at radius 1 is 1.19 bits per heavy atom. The number of imidazole rings is 1. The van der Waals surface area contributed by atoms with Gasteiger partial charge in [-0.1, -0.05) is 31.5 Å². The number of halogens is 2. The van der Waals surface area contributed by atoms with Gasteiger partial charge in [-0.3, -0.25) is 0 Å². The summed E-state index contributed by atoms with van der Waals surface area (Å²) in [6.45, 7) is 4.39. The monoisotopic (exact) mass is 395 g/mol. The van der Waals surface area contributed by atoms with E-state index in [0.29, 0.717) is 40.5 Å². The van der Waals surface area contributed by atoms with Crippen molar-refractivity contribution in [3.05, 3.63) is 58.6 Å². The molecule has 0 amide bonds. The first kappa shape index (κ1) is 18.8. The quantitative estimate of drug-likeness (QED) is 0.686. The summed E-state index contributed by atoms with van der Waals surface area (Å²) in [5.74, 6) is 0.118. The van der Waals surface area contributed by atoms with Crippen LogP contribution in [-0.2, 0) is 16.4 Å². The summed E-state index contributed by atoms with van der Waals surface area (Å²) < 4.78 is 40.7. The van der Waals surface area contributed by atoms with Gasteiger partial charge in [0.2, 0.25) is 10.0 Å². The minimum absolute atomic E-state index is 0.193.